The maximum Gasteiger partial charge on any atom is 0.530 e. The van der Waals surface area contributed by atoms with Crippen molar-refractivity contribution in [1.82, 2.24) is 4.98 Å². The van der Waals surface area contributed by atoms with Gasteiger partial charge in [-0.25, -0.2) is 4.57 Å². The minimum absolute atomic E-state index is 0.0477. The predicted molar refractivity (Wildman–Crippen MR) is 126 cm³/mol. The topological polar surface area (TPSA) is 101 Å². The Bertz CT molecular complexity index is 1160. The largest absolute Gasteiger partial charge is 0.530 e. The molecule has 7 nitrogen and oxygen atoms in total. The molecule has 0 fully saturated rings. The maximum atomic E-state index is 13.7. The van der Waals surface area contributed by atoms with Crippen molar-refractivity contribution >= 4 is 18.7 Å². The van der Waals surface area contributed by atoms with Gasteiger partial charge in [-0.2, -0.15) is 0 Å². The van der Waals surface area contributed by atoms with Gasteiger partial charge in [0, 0.05) is 23.5 Å². The van der Waals surface area contributed by atoms with Crippen LogP contribution in [0.5, 0.6) is 5.75 Å². The molecule has 4 rings (SSSR count). The number of hydrogen-bond donors (Lipinski definition) is 3. The highest BCUT2D eigenvalue weighted by molar-refractivity contribution is 7.48. The van der Waals surface area contributed by atoms with E-state index in [-0.39, 0.29) is 26.2 Å². The lowest BCUT2D eigenvalue weighted by atomic mass is 10.1. The van der Waals surface area contributed by atoms with E-state index in [0.717, 1.165) is 22.2 Å². The van der Waals surface area contributed by atoms with Crippen LogP contribution in [0.3, 0.4) is 0 Å². The highest BCUT2D eigenvalue weighted by Gasteiger charge is 2.30. The van der Waals surface area contributed by atoms with Crippen LogP contribution in [0.2, 0.25) is 0 Å². The van der Waals surface area contributed by atoms with Crippen LogP contribution in [-0.2, 0) is 33.2 Å². The number of aliphatic hydroxyl groups excluding tert-OH is 2. The molecule has 4 aromatic rings. The minimum atomic E-state index is -4.04. The Kier molecular flexibility index (Phi) is 7.60. The molecule has 1 heterocycles. The molecule has 0 spiro atoms. The third-order valence-corrected chi connectivity index (χ3v) is 6.40. The van der Waals surface area contributed by atoms with Gasteiger partial charge >= 0.3 is 7.82 Å². The van der Waals surface area contributed by atoms with Crippen LogP contribution in [-0.4, -0.2) is 27.9 Å². The fraction of sp³-hybridized carbons (Fsp3) is 0.200. The number of hydrogen-bond acceptors (Lipinski definition) is 6. The Hall–Kier alpha value is -2.93. The third-order valence-electron chi connectivity index (χ3n) is 5.09. The normalized spacial score (nSPS) is 12.7. The molecule has 33 heavy (non-hydrogen) atoms. The van der Waals surface area contributed by atoms with Gasteiger partial charge in [-0.15, -0.1) is 0 Å². The van der Waals surface area contributed by atoms with Gasteiger partial charge in [0.25, 0.3) is 0 Å². The molecule has 0 aliphatic rings. The molecule has 0 aliphatic heterocycles. The number of aromatic nitrogens is 1. The number of phosphoric acid groups is 1. The Balaban J connectivity index is 1.61. The Morgan fingerprint density at radius 2 is 1.45 bits per heavy atom. The summed E-state index contributed by atoms with van der Waals surface area (Å²) in [5, 5.41) is 19.8. The first-order valence-corrected chi connectivity index (χ1v) is 12.1. The van der Waals surface area contributed by atoms with E-state index in [1.54, 1.807) is 18.3 Å². The molecule has 1 aromatic heterocycles. The van der Waals surface area contributed by atoms with E-state index in [9.17, 15) is 14.8 Å². The molecule has 172 valence electrons. The average molecular weight is 467 g/mol. The van der Waals surface area contributed by atoms with E-state index in [4.69, 9.17) is 13.6 Å². The van der Waals surface area contributed by atoms with Crippen LogP contribution in [0, 0.1) is 0 Å². The van der Waals surface area contributed by atoms with Crippen molar-refractivity contribution in [3.05, 3.63) is 102 Å². The fourth-order valence-electron chi connectivity index (χ4n) is 3.44. The molecule has 8 heteroatoms. The van der Waals surface area contributed by atoms with E-state index in [1.807, 2.05) is 66.7 Å². The Morgan fingerprint density at radius 1 is 0.848 bits per heavy atom. The second kappa shape index (κ2) is 10.8. The summed E-state index contributed by atoms with van der Waals surface area (Å²) in [4.78, 5) is 3.12. The zero-order chi connectivity index (χ0) is 23.1. The van der Waals surface area contributed by atoms with Crippen LogP contribution in [0.15, 0.2) is 85.1 Å². The number of phosphoric ester groups is 1. The van der Waals surface area contributed by atoms with Crippen LogP contribution in [0.1, 0.15) is 16.7 Å². The lowest BCUT2D eigenvalue weighted by molar-refractivity contribution is 0.0957. The molecule has 0 radical (unpaired) electrons. The van der Waals surface area contributed by atoms with Gasteiger partial charge in [-0.05, 0) is 28.8 Å². The predicted octanol–water partition coefficient (Wildman–Crippen LogP) is 4.98. The summed E-state index contributed by atoms with van der Waals surface area (Å²) >= 11 is 0. The second-order valence-electron chi connectivity index (χ2n) is 7.59. The summed E-state index contributed by atoms with van der Waals surface area (Å²) in [5.74, 6) is 0.304. The highest BCUT2D eigenvalue weighted by Crippen LogP contribution is 2.52. The first-order valence-electron chi connectivity index (χ1n) is 10.6. The molecule has 0 amide bonds. The van der Waals surface area contributed by atoms with Gasteiger partial charge in [-0.1, -0.05) is 66.7 Å². The van der Waals surface area contributed by atoms with Gasteiger partial charge < -0.3 is 19.7 Å². The lowest BCUT2D eigenvalue weighted by Crippen LogP contribution is -2.14. The van der Waals surface area contributed by atoms with Crippen molar-refractivity contribution in [3.63, 3.8) is 0 Å². The molecular weight excluding hydrogens is 441 g/mol. The number of rotatable bonds is 11. The van der Waals surface area contributed by atoms with E-state index >= 15 is 0 Å². The molecule has 1 atom stereocenters. The summed E-state index contributed by atoms with van der Waals surface area (Å²) in [7, 11) is -4.04. The SMILES string of the molecule is O=P(OCc1ccccc1)(OCc1ccccc1)Oc1cccc2[nH]cc(CC(O)CO)c12. The van der Waals surface area contributed by atoms with E-state index in [1.165, 1.54) is 0 Å². The standard InChI is InChI=1S/C25H26NO6P/c27-16-22(28)14-21-15-26-23-12-7-13-24(25(21)23)32-33(29,30-17-19-8-3-1-4-9-19)31-18-20-10-5-2-6-11-20/h1-13,15,22,26-28H,14,16-18H2. The number of aliphatic hydroxyl groups is 2. The molecule has 0 bridgehead atoms. The average Bonchev–Trinajstić information content (AvgIpc) is 3.26. The number of nitrogens with one attached hydrogen (secondary N) is 1. The van der Waals surface area contributed by atoms with Crippen LogP contribution >= 0.6 is 7.82 Å². The monoisotopic (exact) mass is 467 g/mol. The first-order chi connectivity index (χ1) is 16.1. The molecule has 3 N–H and O–H groups in total. The Labute approximate surface area is 192 Å². The van der Waals surface area contributed by atoms with Crippen LogP contribution in [0.25, 0.3) is 10.9 Å². The molecule has 0 aliphatic carbocycles. The minimum Gasteiger partial charge on any atom is -0.403 e. The molecule has 0 saturated heterocycles. The summed E-state index contributed by atoms with van der Waals surface area (Å²) in [6.45, 7) is -0.271. The molecule has 3 aromatic carbocycles. The van der Waals surface area contributed by atoms with Crippen LogP contribution < -0.4 is 4.52 Å². The summed E-state index contributed by atoms with van der Waals surface area (Å²) in [5.41, 5.74) is 3.12. The number of fused-ring (bicyclic) bond motifs is 1. The quantitative estimate of drug-likeness (QED) is 0.269. The third kappa shape index (κ3) is 6.11. The highest BCUT2D eigenvalue weighted by atomic mass is 31.2. The Morgan fingerprint density at radius 3 is 2.03 bits per heavy atom. The summed E-state index contributed by atoms with van der Waals surface area (Å²) < 4.78 is 31.1. The van der Waals surface area contributed by atoms with Gasteiger partial charge in [0.1, 0.15) is 5.75 Å². The van der Waals surface area contributed by atoms with Crippen molar-refractivity contribution in [3.8, 4) is 5.75 Å². The van der Waals surface area contributed by atoms with Gasteiger partial charge in [0.15, 0.2) is 0 Å². The van der Waals surface area contributed by atoms with E-state index in [0.29, 0.717) is 11.1 Å². The van der Waals surface area contributed by atoms with Crippen LogP contribution in [0.4, 0.5) is 0 Å². The zero-order valence-electron chi connectivity index (χ0n) is 18.0. The van der Waals surface area contributed by atoms with Crippen molar-refractivity contribution in [2.75, 3.05) is 6.61 Å². The second-order valence-corrected chi connectivity index (χ2v) is 9.18. The maximum absolute atomic E-state index is 13.7. The smallest absolute Gasteiger partial charge is 0.403 e. The fourth-order valence-corrected chi connectivity index (χ4v) is 4.63. The van der Waals surface area contributed by atoms with Crippen molar-refractivity contribution < 1.29 is 28.3 Å². The van der Waals surface area contributed by atoms with Gasteiger partial charge in [-0.3, -0.25) is 9.05 Å². The van der Waals surface area contributed by atoms with Gasteiger partial charge in [0.05, 0.1) is 25.9 Å². The van der Waals surface area contributed by atoms with E-state index < -0.39 is 13.9 Å². The van der Waals surface area contributed by atoms with Crippen molar-refractivity contribution in [1.29, 1.82) is 0 Å². The van der Waals surface area contributed by atoms with Gasteiger partial charge in [0.2, 0.25) is 0 Å². The summed E-state index contributed by atoms with van der Waals surface area (Å²) in [6.07, 6.45) is 1.01. The van der Waals surface area contributed by atoms with Crippen molar-refractivity contribution in [2.24, 2.45) is 0 Å². The molecule has 1 unspecified atom stereocenters. The first kappa shape index (κ1) is 23.2. The number of benzene rings is 3. The molecule has 0 saturated carbocycles. The van der Waals surface area contributed by atoms with E-state index in [2.05, 4.69) is 4.98 Å². The number of H-pyrrole nitrogens is 1. The molecular formula is C25H26NO6P. The zero-order valence-corrected chi connectivity index (χ0v) is 18.9. The number of aromatic amines is 1. The summed E-state index contributed by atoms with van der Waals surface area (Å²) in [6, 6.07) is 24.0. The lowest BCUT2D eigenvalue weighted by Gasteiger charge is -2.20. The van der Waals surface area contributed by atoms with Crippen molar-refractivity contribution in [2.45, 2.75) is 25.7 Å².